The number of para-hydroxylation sites is 2. The van der Waals surface area contributed by atoms with Crippen molar-refractivity contribution in [1.82, 2.24) is 0 Å². The number of rotatable bonds is 2. The Morgan fingerprint density at radius 3 is 2.03 bits per heavy atom. The number of fused-ring (bicyclic) bond motifs is 2. The molecule has 0 unspecified atom stereocenters. The van der Waals surface area contributed by atoms with Gasteiger partial charge in [-0.3, -0.25) is 9.98 Å². The van der Waals surface area contributed by atoms with E-state index in [2.05, 4.69) is 112 Å². The van der Waals surface area contributed by atoms with Crippen molar-refractivity contribution >= 4 is 51.2 Å². The summed E-state index contributed by atoms with van der Waals surface area (Å²) in [5.74, 6) is 0.476. The van der Waals surface area contributed by atoms with Crippen LogP contribution in [0.5, 0.6) is 0 Å². The predicted octanol–water partition coefficient (Wildman–Crippen LogP) is 8.60. The van der Waals surface area contributed by atoms with Crippen LogP contribution in [-0.2, 0) is 10.9 Å². The Morgan fingerprint density at radius 1 is 0.867 bits per heavy atom. The minimum absolute atomic E-state index is 0.0787. The molecule has 2 atom stereocenters. The molecule has 0 heterocycles. The summed E-state index contributed by atoms with van der Waals surface area (Å²) in [4.78, 5) is 10.5. The number of aryl methyl sites for hydroxylation is 3. The number of aliphatic imine (C=N–C) groups is 2. The second-order valence-corrected chi connectivity index (χ2v) is 14.2. The van der Waals surface area contributed by atoms with Crippen LogP contribution in [0, 0.1) is 37.5 Å². The molecule has 5 heteroatoms. The Labute approximate surface area is 201 Å². The summed E-state index contributed by atoms with van der Waals surface area (Å²) in [6.07, 6.45) is 2.40. The Hall–Kier alpha value is -0.766. The third-order valence-corrected chi connectivity index (χ3v) is 7.34. The fourth-order valence-corrected chi connectivity index (χ4v) is 5.07. The van der Waals surface area contributed by atoms with Crippen molar-refractivity contribution < 1.29 is 10.9 Å². The summed E-state index contributed by atoms with van der Waals surface area (Å²) in [5, 5.41) is 0. The van der Waals surface area contributed by atoms with E-state index in [4.69, 9.17) is 9.98 Å². The molecule has 2 bridgehead atoms. The van der Waals surface area contributed by atoms with Gasteiger partial charge < -0.3 is 0 Å². The topological polar surface area (TPSA) is 24.7 Å². The molecule has 0 aromatic heterocycles. The Morgan fingerprint density at radius 2 is 1.43 bits per heavy atom. The summed E-state index contributed by atoms with van der Waals surface area (Å²) in [7, 11) is 1.25. The molecule has 4 rings (SSSR count). The zero-order valence-electron chi connectivity index (χ0n) is 18.5. The second-order valence-electron chi connectivity index (χ2n) is 9.17. The van der Waals surface area contributed by atoms with Gasteiger partial charge in [0, 0.05) is 11.3 Å². The first-order valence-corrected chi connectivity index (χ1v) is 15.2. The van der Waals surface area contributed by atoms with E-state index in [0.29, 0.717) is 5.92 Å². The van der Waals surface area contributed by atoms with Gasteiger partial charge in [-0.2, -0.15) is 0 Å². The van der Waals surface area contributed by atoms with E-state index in [-0.39, 0.29) is 10.8 Å². The molecular formula is C25H30Br2N2Ni. The van der Waals surface area contributed by atoms with E-state index in [1.165, 1.54) is 51.9 Å². The van der Waals surface area contributed by atoms with Crippen molar-refractivity contribution in [2.45, 2.75) is 54.4 Å². The molecule has 2 aliphatic carbocycles. The second kappa shape index (κ2) is 9.39. The molecule has 0 amide bonds. The van der Waals surface area contributed by atoms with Crippen molar-refractivity contribution in [3.8, 4) is 0 Å². The van der Waals surface area contributed by atoms with Crippen molar-refractivity contribution in [3.63, 3.8) is 0 Å². The molecular weight excluding hydrogens is 547 g/mol. The van der Waals surface area contributed by atoms with Crippen molar-refractivity contribution in [2.24, 2.45) is 26.7 Å². The van der Waals surface area contributed by atoms with E-state index >= 15 is 0 Å². The van der Waals surface area contributed by atoms with Crippen LogP contribution in [0.1, 0.15) is 50.3 Å². The molecule has 2 aromatic carbocycles. The molecule has 0 saturated heterocycles. The average Bonchev–Trinajstić information content (AvgIpc) is 3.00. The molecule has 0 N–H and O–H groups in total. The van der Waals surface area contributed by atoms with Crippen LogP contribution in [0.2, 0.25) is 0 Å². The fraction of sp³-hybridized carbons (Fsp3) is 0.440. The molecule has 164 valence electrons. The van der Waals surface area contributed by atoms with Gasteiger partial charge >= 0.3 is 39.3 Å². The van der Waals surface area contributed by atoms with Crippen LogP contribution in [0.4, 0.5) is 11.4 Å². The van der Waals surface area contributed by atoms with Gasteiger partial charge in [0.05, 0.1) is 22.8 Å². The van der Waals surface area contributed by atoms with Crippen LogP contribution in [0.15, 0.2) is 52.4 Å². The minimum atomic E-state index is 0.0787. The molecule has 0 aliphatic heterocycles. The quantitative estimate of drug-likeness (QED) is 0.320. The fourth-order valence-electron chi connectivity index (χ4n) is 5.07. The van der Waals surface area contributed by atoms with Crippen molar-refractivity contribution in [2.75, 3.05) is 0 Å². The van der Waals surface area contributed by atoms with Gasteiger partial charge in [-0.15, -0.1) is 0 Å². The summed E-state index contributed by atoms with van der Waals surface area (Å²) in [5.41, 5.74) is 8.59. The van der Waals surface area contributed by atoms with Crippen molar-refractivity contribution in [3.05, 3.63) is 59.2 Å². The molecule has 2 fully saturated rings. The predicted molar refractivity (Wildman–Crippen MR) is 134 cm³/mol. The first-order chi connectivity index (χ1) is 14.2. The SMILES string of the molecule is Cc1ccccc1N=C1C(=Nc2c(C)cccc2C)[C@H]2CC[C@]1(C)C2(C)C.[Br][Ni][Br]. The average molecular weight is 577 g/mol. The summed E-state index contributed by atoms with van der Waals surface area (Å²) >= 11 is 6.00. The normalized spacial score (nSPS) is 26.9. The van der Waals surface area contributed by atoms with Gasteiger partial charge in [-0.05, 0) is 61.8 Å². The van der Waals surface area contributed by atoms with Crippen LogP contribution < -0.4 is 0 Å². The van der Waals surface area contributed by atoms with E-state index in [0.717, 1.165) is 11.4 Å². The molecule has 0 radical (unpaired) electrons. The molecule has 2 aromatic rings. The molecule has 2 aliphatic rings. The Balaban J connectivity index is 0.000000806. The van der Waals surface area contributed by atoms with Gasteiger partial charge in [-0.25, -0.2) is 0 Å². The molecule has 0 spiro atoms. The molecule has 30 heavy (non-hydrogen) atoms. The third-order valence-electron chi connectivity index (χ3n) is 7.34. The molecule has 2 nitrogen and oxygen atoms in total. The Kier molecular flexibility index (Phi) is 7.47. The van der Waals surface area contributed by atoms with Gasteiger partial charge in [0.15, 0.2) is 0 Å². The number of nitrogens with zero attached hydrogens (tertiary/aromatic N) is 2. The summed E-state index contributed by atoms with van der Waals surface area (Å²) in [6.45, 7) is 13.7. The van der Waals surface area contributed by atoms with Crippen LogP contribution in [0.25, 0.3) is 0 Å². The monoisotopic (exact) mass is 574 g/mol. The van der Waals surface area contributed by atoms with Crippen LogP contribution in [-0.4, -0.2) is 11.4 Å². The van der Waals surface area contributed by atoms with Crippen LogP contribution >= 0.6 is 28.5 Å². The Bertz CT molecular complexity index is 976. The molecule has 2 saturated carbocycles. The standard InChI is InChI=1S/C25H30N2.2BrH.Ni/c1-16-10-7-8-13-20(16)26-23-22(19-14-15-25(23,6)24(19,4)5)27-21-17(2)11-9-12-18(21)3;;;/h7-13,19H,14-15H2,1-6H3;2*1H;/q;;;+2/p-2/t19-,25+;;;/m1.../s1. The number of benzene rings is 2. The van der Waals surface area contributed by atoms with E-state index in [1.54, 1.807) is 0 Å². The first kappa shape index (κ1) is 23.9. The number of hydrogen-bond acceptors (Lipinski definition) is 2. The van der Waals surface area contributed by atoms with E-state index < -0.39 is 0 Å². The van der Waals surface area contributed by atoms with Gasteiger partial charge in [0.2, 0.25) is 0 Å². The zero-order valence-corrected chi connectivity index (χ0v) is 22.7. The summed E-state index contributed by atoms with van der Waals surface area (Å²) < 4.78 is 0. The third kappa shape index (κ3) is 4.15. The van der Waals surface area contributed by atoms with Gasteiger partial charge in [0.25, 0.3) is 0 Å². The van der Waals surface area contributed by atoms with Crippen molar-refractivity contribution in [1.29, 1.82) is 0 Å². The maximum atomic E-state index is 5.27. The van der Waals surface area contributed by atoms with Gasteiger partial charge in [0.1, 0.15) is 0 Å². The van der Waals surface area contributed by atoms with Crippen LogP contribution in [0.3, 0.4) is 0 Å². The zero-order chi connectivity index (χ0) is 22.1. The maximum absolute atomic E-state index is 5.27. The number of hydrogen-bond donors (Lipinski definition) is 0. The van der Waals surface area contributed by atoms with E-state index in [1.807, 2.05) is 0 Å². The van der Waals surface area contributed by atoms with Gasteiger partial charge in [-0.1, -0.05) is 57.2 Å². The summed E-state index contributed by atoms with van der Waals surface area (Å²) in [6, 6.07) is 14.9. The first-order valence-electron chi connectivity index (χ1n) is 10.3. The van der Waals surface area contributed by atoms with E-state index in [9.17, 15) is 0 Å². The number of halogens is 2.